The summed E-state index contributed by atoms with van der Waals surface area (Å²) in [4.78, 5) is 12.9. The van der Waals surface area contributed by atoms with Crippen molar-refractivity contribution in [1.29, 1.82) is 0 Å². The molecule has 0 aromatic carbocycles. The molecule has 0 aliphatic rings. The van der Waals surface area contributed by atoms with E-state index in [1.807, 2.05) is 11.6 Å². The number of rotatable bonds is 2. The van der Waals surface area contributed by atoms with E-state index in [0.717, 1.165) is 23.4 Å². The van der Waals surface area contributed by atoms with Crippen molar-refractivity contribution in [2.24, 2.45) is 7.05 Å². The van der Waals surface area contributed by atoms with Crippen LogP contribution in [0.3, 0.4) is 0 Å². The summed E-state index contributed by atoms with van der Waals surface area (Å²) in [7, 11) is 3.78. The zero-order valence-electron chi connectivity index (χ0n) is 8.57. The van der Waals surface area contributed by atoms with Gasteiger partial charge in [0.1, 0.15) is 11.3 Å². The van der Waals surface area contributed by atoms with E-state index in [9.17, 15) is 0 Å². The van der Waals surface area contributed by atoms with Crippen LogP contribution in [0.5, 0.6) is 0 Å². The molecule has 0 fully saturated rings. The summed E-state index contributed by atoms with van der Waals surface area (Å²) in [5, 5.41) is 2.91. The maximum atomic E-state index is 4.42. The second kappa shape index (κ2) is 3.25. The fraction of sp³-hybridized carbons (Fsp3) is 0.444. The van der Waals surface area contributed by atoms with Crippen molar-refractivity contribution >= 4 is 17.1 Å². The van der Waals surface area contributed by atoms with Crippen LogP contribution in [0, 0.1) is 0 Å². The van der Waals surface area contributed by atoms with Gasteiger partial charge in [0.15, 0.2) is 5.65 Å². The second-order valence-corrected chi connectivity index (χ2v) is 3.09. The van der Waals surface area contributed by atoms with E-state index in [2.05, 4.69) is 27.2 Å². The minimum Gasteiger partial charge on any atom is -0.357 e. The smallest absolute Gasteiger partial charge is 0.224 e. The van der Waals surface area contributed by atoms with Gasteiger partial charge in [-0.05, 0) is 0 Å². The molecule has 5 heteroatoms. The third kappa shape index (κ3) is 1.21. The average Bonchev–Trinajstić information content (AvgIpc) is 2.55. The van der Waals surface area contributed by atoms with Crippen molar-refractivity contribution in [2.45, 2.75) is 13.3 Å². The van der Waals surface area contributed by atoms with Crippen LogP contribution in [0.4, 0.5) is 5.95 Å². The van der Waals surface area contributed by atoms with E-state index < -0.39 is 0 Å². The minimum atomic E-state index is 0.628. The lowest BCUT2D eigenvalue weighted by atomic mass is 10.5. The molecule has 14 heavy (non-hydrogen) atoms. The van der Waals surface area contributed by atoms with E-state index in [1.165, 1.54) is 0 Å². The minimum absolute atomic E-state index is 0.628. The quantitative estimate of drug-likeness (QED) is 0.768. The van der Waals surface area contributed by atoms with E-state index in [1.54, 1.807) is 13.2 Å². The zero-order valence-corrected chi connectivity index (χ0v) is 8.57. The van der Waals surface area contributed by atoms with Crippen LogP contribution in [0.1, 0.15) is 12.7 Å². The molecule has 1 N–H and O–H groups in total. The fourth-order valence-electron chi connectivity index (χ4n) is 1.47. The number of hydrogen-bond acceptors (Lipinski definition) is 4. The predicted molar refractivity (Wildman–Crippen MR) is 55.2 cm³/mol. The first-order chi connectivity index (χ1) is 6.76. The number of aryl methyl sites for hydroxylation is 2. The highest BCUT2D eigenvalue weighted by molar-refractivity contribution is 5.71. The van der Waals surface area contributed by atoms with Crippen LogP contribution >= 0.6 is 0 Å². The number of nitrogens with one attached hydrogen (secondary N) is 1. The Kier molecular flexibility index (Phi) is 2.07. The summed E-state index contributed by atoms with van der Waals surface area (Å²) in [5.74, 6) is 1.66. The van der Waals surface area contributed by atoms with Crippen LogP contribution in [0.25, 0.3) is 11.2 Å². The molecule has 0 saturated heterocycles. The molecule has 0 amide bonds. The Balaban J connectivity index is 2.68. The monoisotopic (exact) mass is 191 g/mol. The molecule has 0 saturated carbocycles. The summed E-state index contributed by atoms with van der Waals surface area (Å²) in [6.45, 7) is 2.08. The number of fused-ring (bicyclic) bond motifs is 1. The second-order valence-electron chi connectivity index (χ2n) is 3.09. The normalized spacial score (nSPS) is 10.8. The van der Waals surface area contributed by atoms with Gasteiger partial charge in [-0.15, -0.1) is 0 Å². The van der Waals surface area contributed by atoms with Gasteiger partial charge in [-0.3, -0.25) is 0 Å². The molecule has 0 atom stereocenters. The van der Waals surface area contributed by atoms with E-state index in [4.69, 9.17) is 0 Å². The maximum Gasteiger partial charge on any atom is 0.224 e. The predicted octanol–water partition coefficient (Wildman–Crippen LogP) is 0.967. The van der Waals surface area contributed by atoms with Gasteiger partial charge >= 0.3 is 0 Å². The summed E-state index contributed by atoms with van der Waals surface area (Å²) in [6, 6.07) is 0. The van der Waals surface area contributed by atoms with Crippen molar-refractivity contribution in [2.75, 3.05) is 12.4 Å². The van der Waals surface area contributed by atoms with Crippen molar-refractivity contribution in [1.82, 2.24) is 19.5 Å². The Morgan fingerprint density at radius 2 is 2.21 bits per heavy atom. The SMILES string of the molecule is CCc1nc2cnc(NC)nc2n1C. The molecule has 74 valence electrons. The van der Waals surface area contributed by atoms with Gasteiger partial charge in [0.2, 0.25) is 5.95 Å². The van der Waals surface area contributed by atoms with Crippen molar-refractivity contribution < 1.29 is 0 Å². The highest BCUT2D eigenvalue weighted by atomic mass is 15.2. The number of aromatic nitrogens is 4. The maximum absolute atomic E-state index is 4.42. The first-order valence-electron chi connectivity index (χ1n) is 4.62. The first-order valence-corrected chi connectivity index (χ1v) is 4.62. The lowest BCUT2D eigenvalue weighted by molar-refractivity contribution is 0.821. The third-order valence-corrected chi connectivity index (χ3v) is 2.24. The lowest BCUT2D eigenvalue weighted by Gasteiger charge is -1.99. The standard InChI is InChI=1S/C9H13N5/c1-4-7-12-6-5-11-9(10-2)13-8(6)14(7)3/h5H,4H2,1-3H3,(H,10,11,13). The van der Waals surface area contributed by atoms with Gasteiger partial charge in [-0.1, -0.05) is 6.92 Å². The van der Waals surface area contributed by atoms with Crippen LogP contribution < -0.4 is 5.32 Å². The molecule has 0 unspecified atom stereocenters. The average molecular weight is 191 g/mol. The molecule has 5 nitrogen and oxygen atoms in total. The van der Waals surface area contributed by atoms with Gasteiger partial charge < -0.3 is 9.88 Å². The zero-order chi connectivity index (χ0) is 10.1. The molecule has 0 bridgehead atoms. The molecular formula is C9H13N5. The topological polar surface area (TPSA) is 55.6 Å². The molecule has 0 aliphatic heterocycles. The number of nitrogens with zero attached hydrogens (tertiary/aromatic N) is 4. The summed E-state index contributed by atoms with van der Waals surface area (Å²) >= 11 is 0. The largest absolute Gasteiger partial charge is 0.357 e. The number of anilines is 1. The van der Waals surface area contributed by atoms with Gasteiger partial charge in [0.25, 0.3) is 0 Å². The van der Waals surface area contributed by atoms with Gasteiger partial charge in [-0.25, -0.2) is 9.97 Å². The summed E-state index contributed by atoms with van der Waals surface area (Å²) in [5.41, 5.74) is 1.73. The Bertz CT molecular complexity index is 459. The molecule has 2 heterocycles. The number of imidazole rings is 1. The molecule has 2 rings (SSSR count). The van der Waals surface area contributed by atoms with Crippen molar-refractivity contribution in [3.05, 3.63) is 12.0 Å². The summed E-state index contributed by atoms with van der Waals surface area (Å²) in [6.07, 6.45) is 2.65. The number of hydrogen-bond donors (Lipinski definition) is 1. The van der Waals surface area contributed by atoms with E-state index in [0.29, 0.717) is 5.95 Å². The third-order valence-electron chi connectivity index (χ3n) is 2.24. The lowest BCUT2D eigenvalue weighted by Crippen LogP contribution is -1.99. The molecular weight excluding hydrogens is 178 g/mol. The Hall–Kier alpha value is -1.65. The molecule has 0 radical (unpaired) electrons. The summed E-state index contributed by atoms with van der Waals surface area (Å²) < 4.78 is 2.00. The van der Waals surface area contributed by atoms with Crippen LogP contribution in [0.2, 0.25) is 0 Å². The fourth-order valence-corrected chi connectivity index (χ4v) is 1.47. The van der Waals surface area contributed by atoms with E-state index in [-0.39, 0.29) is 0 Å². The van der Waals surface area contributed by atoms with Crippen molar-refractivity contribution in [3.63, 3.8) is 0 Å². The van der Waals surface area contributed by atoms with Crippen LogP contribution in [-0.4, -0.2) is 26.6 Å². The van der Waals surface area contributed by atoms with Gasteiger partial charge in [0.05, 0.1) is 6.20 Å². The molecule has 2 aromatic rings. The Morgan fingerprint density at radius 1 is 1.43 bits per heavy atom. The van der Waals surface area contributed by atoms with E-state index >= 15 is 0 Å². The van der Waals surface area contributed by atoms with Crippen LogP contribution in [0.15, 0.2) is 6.20 Å². The highest BCUT2D eigenvalue weighted by Crippen LogP contribution is 2.13. The van der Waals surface area contributed by atoms with Crippen molar-refractivity contribution in [3.8, 4) is 0 Å². The molecule has 0 spiro atoms. The first kappa shape index (κ1) is 8.93. The van der Waals surface area contributed by atoms with Gasteiger partial charge in [-0.2, -0.15) is 4.98 Å². The van der Waals surface area contributed by atoms with Gasteiger partial charge in [0, 0.05) is 20.5 Å². The van der Waals surface area contributed by atoms with Crippen LogP contribution in [-0.2, 0) is 13.5 Å². The molecule has 0 aliphatic carbocycles. The Labute approximate surface area is 82.2 Å². The highest BCUT2D eigenvalue weighted by Gasteiger charge is 2.07. The molecule has 2 aromatic heterocycles. The Morgan fingerprint density at radius 3 is 2.86 bits per heavy atom.